The highest BCUT2D eigenvalue weighted by Gasteiger charge is 2.31. The van der Waals surface area contributed by atoms with E-state index in [0.29, 0.717) is 31.3 Å². The lowest BCUT2D eigenvalue weighted by Crippen LogP contribution is -2.47. The van der Waals surface area contributed by atoms with Gasteiger partial charge in [-0.1, -0.05) is 27.2 Å². The van der Waals surface area contributed by atoms with E-state index in [-0.39, 0.29) is 6.03 Å². The zero-order valence-electron chi connectivity index (χ0n) is 10.8. The Balaban J connectivity index is 2.50. The summed E-state index contributed by atoms with van der Waals surface area (Å²) in [6.45, 7) is 7.55. The van der Waals surface area contributed by atoms with E-state index in [9.17, 15) is 9.59 Å². The summed E-state index contributed by atoms with van der Waals surface area (Å²) in [7, 11) is 0. The second kappa shape index (κ2) is 5.89. The quantitative estimate of drug-likeness (QED) is 0.785. The minimum Gasteiger partial charge on any atom is -0.480 e. The number of urea groups is 1. The molecule has 2 unspecified atom stereocenters. The normalized spacial score (nSPS) is 25.7. The van der Waals surface area contributed by atoms with Gasteiger partial charge in [-0.05, 0) is 18.3 Å². The molecule has 0 aromatic heterocycles. The third-order valence-corrected chi connectivity index (χ3v) is 3.45. The summed E-state index contributed by atoms with van der Waals surface area (Å²) < 4.78 is 0. The largest absolute Gasteiger partial charge is 0.480 e. The molecule has 1 fully saturated rings. The van der Waals surface area contributed by atoms with Crippen LogP contribution in [0, 0.1) is 11.8 Å². The van der Waals surface area contributed by atoms with Gasteiger partial charge in [0.15, 0.2) is 0 Å². The summed E-state index contributed by atoms with van der Waals surface area (Å²) in [6, 6.07) is -1.01. The Morgan fingerprint density at radius 2 is 1.88 bits per heavy atom. The highest BCUT2D eigenvalue weighted by Crippen LogP contribution is 2.21. The van der Waals surface area contributed by atoms with E-state index in [1.54, 1.807) is 4.90 Å². The second-order valence-electron chi connectivity index (χ2n) is 4.99. The second-order valence-corrected chi connectivity index (χ2v) is 4.99. The maximum atomic E-state index is 11.9. The van der Waals surface area contributed by atoms with E-state index in [1.807, 2.05) is 6.92 Å². The molecule has 17 heavy (non-hydrogen) atoms. The Labute approximate surface area is 102 Å². The molecule has 0 bridgehead atoms. The predicted molar refractivity (Wildman–Crippen MR) is 64.8 cm³/mol. The van der Waals surface area contributed by atoms with Crippen molar-refractivity contribution in [1.82, 2.24) is 10.2 Å². The smallest absolute Gasteiger partial charge is 0.326 e. The van der Waals surface area contributed by atoms with E-state index in [2.05, 4.69) is 19.2 Å². The number of carboxylic acid groups (broad SMARTS) is 1. The monoisotopic (exact) mass is 242 g/mol. The molecule has 0 saturated carbocycles. The molecule has 0 aliphatic carbocycles. The van der Waals surface area contributed by atoms with Gasteiger partial charge in [-0.3, -0.25) is 0 Å². The highest BCUT2D eigenvalue weighted by atomic mass is 16.4. The standard InChI is InChI=1S/C12H22N2O3/c1-4-5-10(11(15)16)13-12(17)14-6-8(2)9(3)7-14/h8-10H,4-7H2,1-3H3,(H,13,17)(H,15,16)/t8?,9?,10-/m1/s1. The summed E-state index contributed by atoms with van der Waals surface area (Å²) in [5.74, 6) is 0.00546. The van der Waals surface area contributed by atoms with Crippen LogP contribution in [0.25, 0.3) is 0 Å². The minimum atomic E-state index is -0.958. The number of hydrogen-bond donors (Lipinski definition) is 2. The number of nitrogens with one attached hydrogen (secondary N) is 1. The van der Waals surface area contributed by atoms with Crippen LogP contribution in [0.5, 0.6) is 0 Å². The van der Waals surface area contributed by atoms with Gasteiger partial charge in [0.1, 0.15) is 6.04 Å². The van der Waals surface area contributed by atoms with Crippen LogP contribution < -0.4 is 5.32 Å². The minimum absolute atomic E-state index is 0.248. The Bertz CT molecular complexity index is 283. The molecule has 5 nitrogen and oxygen atoms in total. The summed E-state index contributed by atoms with van der Waals surface area (Å²) >= 11 is 0. The molecule has 0 spiro atoms. The fourth-order valence-corrected chi connectivity index (χ4v) is 2.08. The lowest BCUT2D eigenvalue weighted by Gasteiger charge is -2.20. The van der Waals surface area contributed by atoms with Crippen LogP contribution in [0.15, 0.2) is 0 Å². The van der Waals surface area contributed by atoms with Crippen molar-refractivity contribution in [2.24, 2.45) is 11.8 Å². The fraction of sp³-hybridized carbons (Fsp3) is 0.833. The van der Waals surface area contributed by atoms with Crippen LogP contribution in [0.4, 0.5) is 4.79 Å². The first-order chi connectivity index (χ1) is 7.95. The zero-order chi connectivity index (χ0) is 13.0. The molecule has 1 saturated heterocycles. The number of likely N-dealkylation sites (tertiary alicyclic amines) is 1. The third-order valence-electron chi connectivity index (χ3n) is 3.45. The van der Waals surface area contributed by atoms with Crippen molar-refractivity contribution < 1.29 is 14.7 Å². The molecule has 5 heteroatoms. The van der Waals surface area contributed by atoms with Gasteiger partial charge in [0, 0.05) is 13.1 Å². The lowest BCUT2D eigenvalue weighted by atomic mass is 10.0. The van der Waals surface area contributed by atoms with E-state index in [4.69, 9.17) is 5.11 Å². The molecule has 1 rings (SSSR count). The molecular weight excluding hydrogens is 220 g/mol. The van der Waals surface area contributed by atoms with Crippen molar-refractivity contribution in [1.29, 1.82) is 0 Å². The average molecular weight is 242 g/mol. The van der Waals surface area contributed by atoms with Crippen LogP contribution in [-0.4, -0.2) is 41.1 Å². The molecule has 3 atom stereocenters. The molecule has 1 heterocycles. The molecule has 0 aromatic rings. The molecule has 1 aliphatic rings. The number of nitrogens with zero attached hydrogens (tertiary/aromatic N) is 1. The Morgan fingerprint density at radius 3 is 2.29 bits per heavy atom. The Morgan fingerprint density at radius 1 is 1.35 bits per heavy atom. The maximum Gasteiger partial charge on any atom is 0.326 e. The van der Waals surface area contributed by atoms with Gasteiger partial charge < -0.3 is 15.3 Å². The maximum absolute atomic E-state index is 11.9. The van der Waals surface area contributed by atoms with Gasteiger partial charge in [-0.15, -0.1) is 0 Å². The van der Waals surface area contributed by atoms with Crippen LogP contribution in [0.3, 0.4) is 0 Å². The number of carbonyl (C=O) groups is 2. The predicted octanol–water partition coefficient (Wildman–Crippen LogP) is 1.54. The van der Waals surface area contributed by atoms with Crippen molar-refractivity contribution in [3.05, 3.63) is 0 Å². The van der Waals surface area contributed by atoms with Gasteiger partial charge in [0.05, 0.1) is 0 Å². The number of rotatable bonds is 4. The molecular formula is C12H22N2O3. The van der Waals surface area contributed by atoms with E-state index < -0.39 is 12.0 Å². The average Bonchev–Trinajstić information content (AvgIpc) is 2.58. The Kier molecular flexibility index (Phi) is 4.78. The zero-order valence-corrected chi connectivity index (χ0v) is 10.8. The first-order valence-electron chi connectivity index (χ1n) is 6.24. The first-order valence-corrected chi connectivity index (χ1v) is 6.24. The van der Waals surface area contributed by atoms with Crippen LogP contribution in [0.2, 0.25) is 0 Å². The number of amides is 2. The Hall–Kier alpha value is -1.26. The van der Waals surface area contributed by atoms with Crippen LogP contribution >= 0.6 is 0 Å². The summed E-state index contributed by atoms with van der Waals surface area (Å²) in [6.07, 6.45) is 1.21. The van der Waals surface area contributed by atoms with Gasteiger partial charge >= 0.3 is 12.0 Å². The van der Waals surface area contributed by atoms with Crippen molar-refractivity contribution in [2.75, 3.05) is 13.1 Å². The van der Waals surface area contributed by atoms with Crippen molar-refractivity contribution >= 4 is 12.0 Å². The topological polar surface area (TPSA) is 69.6 Å². The van der Waals surface area contributed by atoms with Gasteiger partial charge in [0.2, 0.25) is 0 Å². The summed E-state index contributed by atoms with van der Waals surface area (Å²) in [5.41, 5.74) is 0. The van der Waals surface area contributed by atoms with E-state index in [0.717, 1.165) is 6.42 Å². The number of aliphatic carboxylic acids is 1. The van der Waals surface area contributed by atoms with Crippen molar-refractivity contribution in [3.63, 3.8) is 0 Å². The highest BCUT2D eigenvalue weighted by molar-refractivity contribution is 5.82. The van der Waals surface area contributed by atoms with Crippen molar-refractivity contribution in [3.8, 4) is 0 Å². The van der Waals surface area contributed by atoms with Crippen LogP contribution in [-0.2, 0) is 4.79 Å². The van der Waals surface area contributed by atoms with E-state index in [1.165, 1.54) is 0 Å². The molecule has 2 N–H and O–H groups in total. The molecule has 0 radical (unpaired) electrons. The van der Waals surface area contributed by atoms with Gasteiger partial charge in [0.25, 0.3) is 0 Å². The van der Waals surface area contributed by atoms with Gasteiger partial charge in [-0.2, -0.15) is 0 Å². The summed E-state index contributed by atoms with van der Waals surface area (Å²) in [5, 5.41) is 11.6. The number of carbonyl (C=O) groups excluding carboxylic acids is 1. The van der Waals surface area contributed by atoms with Gasteiger partial charge in [-0.25, -0.2) is 9.59 Å². The van der Waals surface area contributed by atoms with Crippen molar-refractivity contribution in [2.45, 2.75) is 39.7 Å². The molecule has 98 valence electrons. The lowest BCUT2D eigenvalue weighted by molar-refractivity contribution is -0.139. The molecule has 1 aliphatic heterocycles. The SMILES string of the molecule is CCC[C@@H](NC(=O)N1CC(C)C(C)C1)C(=O)O. The molecule has 0 aromatic carbocycles. The van der Waals surface area contributed by atoms with Crippen LogP contribution in [0.1, 0.15) is 33.6 Å². The first kappa shape index (κ1) is 13.8. The van der Waals surface area contributed by atoms with E-state index >= 15 is 0 Å². The number of carboxylic acids is 1. The summed E-state index contributed by atoms with van der Waals surface area (Å²) in [4.78, 5) is 24.5. The fourth-order valence-electron chi connectivity index (χ4n) is 2.08. The number of hydrogen-bond acceptors (Lipinski definition) is 2. The molecule has 2 amide bonds. The third kappa shape index (κ3) is 3.61.